The molecule has 228 valence electrons. The van der Waals surface area contributed by atoms with Gasteiger partial charge in [-0.2, -0.15) is 5.43 Å². The molecule has 8 heteroatoms. The number of hydrogen-bond acceptors (Lipinski definition) is 7. The third kappa shape index (κ3) is 3.93. The minimum Gasteiger partial charge on any atom is -0.293 e. The average molecular weight is 626 g/mol. The highest BCUT2D eigenvalue weighted by Gasteiger charge is 2.53. The summed E-state index contributed by atoms with van der Waals surface area (Å²) in [5, 5.41) is 1.77. The molecule has 5 aromatic carbocycles. The molecular weight excluding hydrogens is 600 g/mol. The number of nitrogens with one attached hydrogen (secondary N) is 2. The van der Waals surface area contributed by atoms with Crippen molar-refractivity contribution in [2.45, 2.75) is 0 Å². The van der Waals surface area contributed by atoms with E-state index in [1.54, 1.807) is 82.5 Å². The third-order valence-electron chi connectivity index (χ3n) is 9.25. The van der Waals surface area contributed by atoms with Crippen molar-refractivity contribution in [3.63, 3.8) is 0 Å². The van der Waals surface area contributed by atoms with E-state index in [4.69, 9.17) is 0 Å². The maximum atomic E-state index is 14.5. The van der Waals surface area contributed by atoms with Gasteiger partial charge in [0.05, 0.1) is 16.9 Å². The number of benzene rings is 5. The number of para-hydroxylation sites is 2. The van der Waals surface area contributed by atoms with Crippen LogP contribution in [-0.2, 0) is 0 Å². The normalized spacial score (nSPS) is 17.2. The van der Waals surface area contributed by atoms with E-state index in [-0.39, 0.29) is 34.3 Å². The van der Waals surface area contributed by atoms with Crippen LogP contribution >= 0.6 is 0 Å². The number of nitrogens with zero attached hydrogens (tertiary/aromatic N) is 2. The molecule has 0 fully saturated rings. The second-order valence-electron chi connectivity index (χ2n) is 11.9. The number of anilines is 3. The van der Waals surface area contributed by atoms with E-state index in [1.165, 1.54) is 0 Å². The summed E-state index contributed by atoms with van der Waals surface area (Å²) < 4.78 is 1.79. The molecule has 2 N–H and O–H groups in total. The van der Waals surface area contributed by atoms with Crippen LogP contribution in [0, 0.1) is 5.92 Å². The molecule has 8 nitrogen and oxygen atoms in total. The van der Waals surface area contributed by atoms with Crippen LogP contribution in [0.15, 0.2) is 145 Å². The Labute approximate surface area is 274 Å². The molecule has 0 amide bonds. The van der Waals surface area contributed by atoms with Crippen molar-refractivity contribution in [1.29, 1.82) is 0 Å². The van der Waals surface area contributed by atoms with Crippen molar-refractivity contribution in [3.05, 3.63) is 178 Å². The number of fused-ring (bicyclic) bond motifs is 8. The lowest BCUT2D eigenvalue weighted by Gasteiger charge is -2.38. The summed E-state index contributed by atoms with van der Waals surface area (Å²) in [5.74, 6) is -1.91. The van der Waals surface area contributed by atoms with Crippen LogP contribution in [0.2, 0.25) is 0 Å². The Morgan fingerprint density at radius 2 is 1.12 bits per heavy atom. The number of rotatable bonds is 4. The lowest BCUT2D eigenvalue weighted by molar-refractivity contribution is -0.406. The molecule has 5 aromatic rings. The highest BCUT2D eigenvalue weighted by molar-refractivity contribution is 6.35. The monoisotopic (exact) mass is 625 g/mol. The van der Waals surface area contributed by atoms with E-state index < -0.39 is 5.92 Å². The van der Waals surface area contributed by atoms with Crippen LogP contribution in [-0.4, -0.2) is 33.5 Å². The molecule has 1 atom stereocenters. The minimum atomic E-state index is -0.953. The van der Waals surface area contributed by atoms with Crippen LogP contribution in [0.3, 0.4) is 0 Å². The number of hydrazine groups is 2. The molecule has 4 aliphatic rings. The van der Waals surface area contributed by atoms with Gasteiger partial charge in [-0.05, 0) is 36.4 Å². The van der Waals surface area contributed by atoms with Gasteiger partial charge < -0.3 is 0 Å². The van der Waals surface area contributed by atoms with Crippen molar-refractivity contribution >= 4 is 51.6 Å². The number of allylic oxidation sites excluding steroid dienone is 4. The molecule has 0 radical (unpaired) electrons. The van der Waals surface area contributed by atoms with Crippen molar-refractivity contribution in [3.8, 4) is 0 Å². The first-order chi connectivity index (χ1) is 23.5. The number of Topliss-reactive ketones (excluding diaryl/α,β-unsaturated/α-hetero) is 2. The zero-order chi connectivity index (χ0) is 32.5. The van der Waals surface area contributed by atoms with Gasteiger partial charge in [0.25, 0.3) is 11.4 Å². The van der Waals surface area contributed by atoms with Crippen molar-refractivity contribution in [1.82, 2.24) is 0 Å². The maximum absolute atomic E-state index is 14.5. The SMILES string of the molecule is O=C1C2=CC=C3C(=[N+](Nc4ccccc4)c4ccc5c(c4N3Nc3ccccc3)C(=O)c3ccccc3C5=O)C2C(=O)c2ccccc21. The lowest BCUT2D eigenvalue weighted by atomic mass is 9.72. The predicted octanol–water partition coefficient (Wildman–Crippen LogP) is 6.94. The Morgan fingerprint density at radius 1 is 0.542 bits per heavy atom. The second-order valence-corrected chi connectivity index (χ2v) is 11.9. The van der Waals surface area contributed by atoms with Crippen molar-refractivity contribution in [2.24, 2.45) is 5.92 Å². The summed E-state index contributed by atoms with van der Waals surface area (Å²) in [6.07, 6.45) is 3.49. The van der Waals surface area contributed by atoms with Gasteiger partial charge in [0.2, 0.25) is 0 Å². The summed E-state index contributed by atoms with van der Waals surface area (Å²) in [6.45, 7) is 0. The number of ketones is 4. The molecule has 0 spiro atoms. The van der Waals surface area contributed by atoms with Gasteiger partial charge >= 0.3 is 0 Å². The highest BCUT2D eigenvalue weighted by atomic mass is 16.1. The largest absolute Gasteiger partial charge is 0.293 e. The van der Waals surface area contributed by atoms with Crippen LogP contribution in [0.25, 0.3) is 0 Å². The molecule has 0 aromatic heterocycles. The molecule has 0 saturated heterocycles. The topological polar surface area (TPSA) is 98.6 Å². The molecule has 1 aliphatic heterocycles. The molecule has 0 bridgehead atoms. The van der Waals surface area contributed by atoms with Crippen LogP contribution in [0.1, 0.15) is 52.6 Å². The number of carbonyl (C=O) groups is 4. The van der Waals surface area contributed by atoms with Crippen molar-refractivity contribution < 1.29 is 23.9 Å². The van der Waals surface area contributed by atoms with E-state index in [9.17, 15) is 19.2 Å². The first kappa shape index (κ1) is 27.6. The Hall–Kier alpha value is -6.67. The van der Waals surface area contributed by atoms with Crippen LogP contribution < -0.4 is 15.9 Å². The van der Waals surface area contributed by atoms with Gasteiger partial charge in [-0.15, -0.1) is 0 Å². The minimum absolute atomic E-state index is 0.210. The summed E-state index contributed by atoms with van der Waals surface area (Å²) in [6, 6.07) is 36.1. The fraction of sp³-hybridized carbons (Fsp3) is 0.0250. The van der Waals surface area contributed by atoms with Gasteiger partial charge in [-0.3, -0.25) is 24.6 Å². The predicted molar refractivity (Wildman–Crippen MR) is 182 cm³/mol. The summed E-state index contributed by atoms with van der Waals surface area (Å²) in [4.78, 5) is 56.7. The Balaban J connectivity index is 1.36. The molecule has 1 heterocycles. The summed E-state index contributed by atoms with van der Waals surface area (Å²) in [5.41, 5.74) is 12.7. The quantitative estimate of drug-likeness (QED) is 0.205. The van der Waals surface area contributed by atoms with Gasteiger partial charge in [0.1, 0.15) is 17.3 Å². The number of carbonyl (C=O) groups excluding carboxylic acids is 4. The standard InChI is InChI=1S/C40H24N4O4/c45-37-25-15-7-9-17-27(25)39(47)33-29(37)20-22-32-35(33)43(41-23-11-3-1-4-12-23)31-21-19-30-34(36(31)44(32)42-24-13-5-2-6-14-24)40(48)28-18-10-8-16-26(28)38(30)46/h1-22,33,42H/p+1. The Bertz CT molecular complexity index is 2370. The van der Waals surface area contributed by atoms with Gasteiger partial charge in [-0.1, -0.05) is 95.7 Å². The molecule has 1 unspecified atom stereocenters. The molecule has 3 aliphatic carbocycles. The molecular formula is C40H25N4O4+. The zero-order valence-electron chi connectivity index (χ0n) is 25.3. The van der Waals surface area contributed by atoms with E-state index in [0.717, 1.165) is 5.69 Å². The smallest absolute Gasteiger partial charge is 0.262 e. The first-order valence-electron chi connectivity index (χ1n) is 15.6. The molecule has 9 rings (SSSR count). The second kappa shape index (κ2) is 10.4. The third-order valence-corrected chi connectivity index (χ3v) is 9.25. The van der Waals surface area contributed by atoms with Gasteiger partial charge in [0, 0.05) is 39.5 Å². The Morgan fingerprint density at radius 3 is 1.81 bits per heavy atom. The molecule has 48 heavy (non-hydrogen) atoms. The maximum Gasteiger partial charge on any atom is 0.262 e. The van der Waals surface area contributed by atoms with E-state index in [2.05, 4.69) is 10.9 Å². The lowest BCUT2D eigenvalue weighted by Crippen LogP contribution is -2.50. The van der Waals surface area contributed by atoms with Crippen LogP contribution in [0.4, 0.5) is 22.7 Å². The number of hydrazone groups is 1. The van der Waals surface area contributed by atoms with Gasteiger partial charge in [-0.25, -0.2) is 5.01 Å². The van der Waals surface area contributed by atoms with Gasteiger partial charge in [0.15, 0.2) is 23.1 Å². The fourth-order valence-electron chi connectivity index (χ4n) is 7.09. The highest BCUT2D eigenvalue weighted by Crippen LogP contribution is 2.47. The fourth-order valence-corrected chi connectivity index (χ4v) is 7.09. The van der Waals surface area contributed by atoms with Crippen molar-refractivity contribution in [2.75, 3.05) is 15.9 Å². The van der Waals surface area contributed by atoms with E-state index in [1.807, 2.05) is 60.7 Å². The first-order valence-corrected chi connectivity index (χ1v) is 15.6. The number of hydrogen-bond donors (Lipinski definition) is 2. The average Bonchev–Trinajstić information content (AvgIpc) is 3.14. The summed E-state index contributed by atoms with van der Waals surface area (Å²) in [7, 11) is 0. The molecule has 0 saturated carbocycles. The Kier molecular flexibility index (Phi) is 6.00. The van der Waals surface area contributed by atoms with E-state index in [0.29, 0.717) is 56.3 Å². The van der Waals surface area contributed by atoms with Crippen LogP contribution in [0.5, 0.6) is 0 Å². The van der Waals surface area contributed by atoms with E-state index >= 15 is 0 Å². The summed E-state index contributed by atoms with van der Waals surface area (Å²) >= 11 is 0. The zero-order valence-corrected chi connectivity index (χ0v) is 25.3.